The highest BCUT2D eigenvalue weighted by atomic mass is 79.9. The molecule has 1 heterocycles. The van der Waals surface area contributed by atoms with Gasteiger partial charge in [0, 0.05) is 23.7 Å². The molecule has 0 spiro atoms. The number of nitrogens with two attached hydrogens (primary N) is 1. The predicted octanol–water partition coefficient (Wildman–Crippen LogP) is 2.75. The van der Waals surface area contributed by atoms with Gasteiger partial charge in [-0.2, -0.15) is 0 Å². The monoisotopic (exact) mass is 283 g/mol. The number of hydrogen-bond donors (Lipinski definition) is 1. The first kappa shape index (κ1) is 12.1. The van der Waals surface area contributed by atoms with Gasteiger partial charge in [0.05, 0.1) is 0 Å². The van der Waals surface area contributed by atoms with E-state index in [1.165, 1.54) is 5.56 Å². The molecular weight excluding hydrogens is 266 g/mol. The summed E-state index contributed by atoms with van der Waals surface area (Å²) >= 11 is 3.57. The molecule has 0 saturated carbocycles. The number of halogens is 1. The fourth-order valence-electron chi connectivity index (χ4n) is 2.23. The number of rotatable bonds is 3. The number of ether oxygens (including phenoxy) is 1. The van der Waals surface area contributed by atoms with Gasteiger partial charge in [0.2, 0.25) is 0 Å². The van der Waals surface area contributed by atoms with Gasteiger partial charge in [0.25, 0.3) is 0 Å². The average Bonchev–Trinajstić information content (AvgIpc) is 2.33. The summed E-state index contributed by atoms with van der Waals surface area (Å²) in [6.07, 6.45) is 3.16. The summed E-state index contributed by atoms with van der Waals surface area (Å²) < 4.78 is 6.52. The molecule has 16 heavy (non-hydrogen) atoms. The molecule has 0 bridgehead atoms. The molecule has 1 atom stereocenters. The zero-order chi connectivity index (χ0) is 11.4. The molecule has 88 valence electrons. The van der Waals surface area contributed by atoms with Gasteiger partial charge < -0.3 is 10.5 Å². The van der Waals surface area contributed by atoms with Crippen molar-refractivity contribution in [2.24, 2.45) is 11.7 Å². The van der Waals surface area contributed by atoms with Gasteiger partial charge in [-0.1, -0.05) is 34.1 Å². The maximum absolute atomic E-state index is 6.27. The first-order chi connectivity index (χ1) is 7.77. The third-order valence-corrected chi connectivity index (χ3v) is 4.06. The fraction of sp³-hybridized carbons (Fsp3) is 0.538. The Morgan fingerprint density at radius 2 is 2.00 bits per heavy atom. The van der Waals surface area contributed by atoms with Crippen LogP contribution in [0.5, 0.6) is 0 Å². The summed E-state index contributed by atoms with van der Waals surface area (Å²) in [6, 6.07) is 8.57. The van der Waals surface area contributed by atoms with Crippen LogP contribution in [0.25, 0.3) is 0 Å². The standard InChI is InChI=1S/C13H18BrNO/c14-12-4-2-1-3-11(12)9-13(15)10-5-7-16-8-6-10/h1-4,10,13H,5-9,15H2. The average molecular weight is 284 g/mol. The second kappa shape index (κ2) is 5.80. The van der Waals surface area contributed by atoms with E-state index >= 15 is 0 Å². The van der Waals surface area contributed by atoms with Crippen molar-refractivity contribution in [3.8, 4) is 0 Å². The summed E-state index contributed by atoms with van der Waals surface area (Å²) in [7, 11) is 0. The highest BCUT2D eigenvalue weighted by Gasteiger charge is 2.21. The van der Waals surface area contributed by atoms with Gasteiger partial charge in [-0.05, 0) is 36.8 Å². The minimum Gasteiger partial charge on any atom is -0.381 e. The summed E-state index contributed by atoms with van der Waals surface area (Å²) in [5.41, 5.74) is 7.58. The topological polar surface area (TPSA) is 35.2 Å². The minimum absolute atomic E-state index is 0.252. The molecule has 0 amide bonds. The first-order valence-corrected chi connectivity index (χ1v) is 6.63. The van der Waals surface area contributed by atoms with E-state index in [9.17, 15) is 0 Å². The van der Waals surface area contributed by atoms with Crippen LogP contribution in [0, 0.1) is 5.92 Å². The Morgan fingerprint density at radius 1 is 1.31 bits per heavy atom. The summed E-state index contributed by atoms with van der Waals surface area (Å²) in [4.78, 5) is 0. The molecule has 0 radical (unpaired) electrons. The molecule has 2 N–H and O–H groups in total. The quantitative estimate of drug-likeness (QED) is 0.926. The molecule has 3 heteroatoms. The van der Waals surface area contributed by atoms with Crippen molar-refractivity contribution in [2.75, 3.05) is 13.2 Å². The van der Waals surface area contributed by atoms with Crippen LogP contribution >= 0.6 is 15.9 Å². The van der Waals surface area contributed by atoms with Gasteiger partial charge in [0.1, 0.15) is 0 Å². The Bertz CT molecular complexity index is 336. The molecule has 0 aromatic heterocycles. The fourth-order valence-corrected chi connectivity index (χ4v) is 2.68. The van der Waals surface area contributed by atoms with E-state index in [1.54, 1.807) is 0 Å². The molecule has 2 nitrogen and oxygen atoms in total. The SMILES string of the molecule is NC(Cc1ccccc1Br)C1CCOCC1. The van der Waals surface area contributed by atoms with Gasteiger partial charge in [-0.15, -0.1) is 0 Å². The Labute approximate surface area is 105 Å². The van der Waals surface area contributed by atoms with Crippen LogP contribution in [0.3, 0.4) is 0 Å². The molecule has 0 aliphatic carbocycles. The number of benzene rings is 1. The zero-order valence-electron chi connectivity index (χ0n) is 9.36. The van der Waals surface area contributed by atoms with Crippen molar-refractivity contribution < 1.29 is 4.74 Å². The molecule has 1 unspecified atom stereocenters. The summed E-state index contributed by atoms with van der Waals surface area (Å²) in [5, 5.41) is 0. The second-order valence-corrected chi connectivity index (χ2v) is 5.26. The van der Waals surface area contributed by atoms with E-state index in [1.807, 2.05) is 6.07 Å². The van der Waals surface area contributed by atoms with Crippen LogP contribution < -0.4 is 5.73 Å². The normalized spacial score (nSPS) is 19.6. The molecule has 1 fully saturated rings. The van der Waals surface area contributed by atoms with Crippen LogP contribution in [-0.2, 0) is 11.2 Å². The lowest BCUT2D eigenvalue weighted by Gasteiger charge is -2.27. The van der Waals surface area contributed by atoms with E-state index in [4.69, 9.17) is 10.5 Å². The Kier molecular flexibility index (Phi) is 4.38. The lowest BCUT2D eigenvalue weighted by atomic mass is 9.88. The molecule has 1 aliphatic heterocycles. The van der Waals surface area contributed by atoms with Crippen molar-refractivity contribution in [3.05, 3.63) is 34.3 Å². The lowest BCUT2D eigenvalue weighted by molar-refractivity contribution is 0.0584. The summed E-state index contributed by atoms with van der Waals surface area (Å²) in [5.74, 6) is 0.612. The second-order valence-electron chi connectivity index (χ2n) is 4.41. The van der Waals surface area contributed by atoms with E-state index in [2.05, 4.69) is 34.1 Å². The van der Waals surface area contributed by atoms with E-state index in [0.717, 1.165) is 36.9 Å². The third kappa shape index (κ3) is 3.06. The van der Waals surface area contributed by atoms with Crippen LogP contribution in [0.1, 0.15) is 18.4 Å². The molecule has 1 aromatic rings. The highest BCUT2D eigenvalue weighted by molar-refractivity contribution is 9.10. The van der Waals surface area contributed by atoms with Gasteiger partial charge in [-0.3, -0.25) is 0 Å². The maximum atomic E-state index is 6.27. The maximum Gasteiger partial charge on any atom is 0.0469 e. The van der Waals surface area contributed by atoms with Crippen molar-refractivity contribution in [1.82, 2.24) is 0 Å². The van der Waals surface area contributed by atoms with Crippen molar-refractivity contribution in [2.45, 2.75) is 25.3 Å². The zero-order valence-corrected chi connectivity index (χ0v) is 10.9. The lowest BCUT2D eigenvalue weighted by Crippen LogP contribution is -2.36. The van der Waals surface area contributed by atoms with E-state index in [-0.39, 0.29) is 6.04 Å². The smallest absolute Gasteiger partial charge is 0.0469 e. The van der Waals surface area contributed by atoms with Gasteiger partial charge in [-0.25, -0.2) is 0 Å². The van der Waals surface area contributed by atoms with Gasteiger partial charge >= 0.3 is 0 Å². The van der Waals surface area contributed by atoms with Crippen molar-refractivity contribution >= 4 is 15.9 Å². The molecule has 1 saturated heterocycles. The van der Waals surface area contributed by atoms with Crippen LogP contribution in [0.2, 0.25) is 0 Å². The minimum atomic E-state index is 0.252. The van der Waals surface area contributed by atoms with Crippen LogP contribution in [-0.4, -0.2) is 19.3 Å². The molecule has 1 aliphatic rings. The van der Waals surface area contributed by atoms with Crippen molar-refractivity contribution in [1.29, 1.82) is 0 Å². The third-order valence-electron chi connectivity index (χ3n) is 3.28. The van der Waals surface area contributed by atoms with E-state index < -0.39 is 0 Å². The van der Waals surface area contributed by atoms with Crippen LogP contribution in [0.15, 0.2) is 28.7 Å². The summed E-state index contributed by atoms with van der Waals surface area (Å²) in [6.45, 7) is 1.74. The molecule has 2 rings (SSSR count). The first-order valence-electron chi connectivity index (χ1n) is 5.84. The predicted molar refractivity (Wildman–Crippen MR) is 69.4 cm³/mol. The Balaban J connectivity index is 1.96. The van der Waals surface area contributed by atoms with Crippen LogP contribution in [0.4, 0.5) is 0 Å². The largest absolute Gasteiger partial charge is 0.381 e. The highest BCUT2D eigenvalue weighted by Crippen LogP contribution is 2.23. The number of hydrogen-bond acceptors (Lipinski definition) is 2. The Hall–Kier alpha value is -0.380. The molecular formula is C13H18BrNO. The van der Waals surface area contributed by atoms with Crippen molar-refractivity contribution in [3.63, 3.8) is 0 Å². The van der Waals surface area contributed by atoms with Gasteiger partial charge in [0.15, 0.2) is 0 Å². The Morgan fingerprint density at radius 3 is 2.69 bits per heavy atom. The molecule has 1 aromatic carbocycles. The van der Waals surface area contributed by atoms with E-state index in [0.29, 0.717) is 5.92 Å².